The molecule has 3 rings (SSSR count). The third-order valence-corrected chi connectivity index (χ3v) is 5.86. The lowest BCUT2D eigenvalue weighted by Crippen LogP contribution is -2.43. The average Bonchev–Trinajstić information content (AvgIpc) is 2.78. The van der Waals surface area contributed by atoms with Gasteiger partial charge in [0.25, 0.3) is 5.91 Å². The number of benzene rings is 2. The highest BCUT2D eigenvalue weighted by Crippen LogP contribution is 2.26. The van der Waals surface area contributed by atoms with Crippen molar-refractivity contribution < 1.29 is 23.4 Å². The van der Waals surface area contributed by atoms with Gasteiger partial charge < -0.3 is 15.5 Å². The summed E-state index contributed by atoms with van der Waals surface area (Å²) in [6.45, 7) is -0.169. The molecule has 0 aliphatic carbocycles. The predicted octanol–water partition coefficient (Wildman–Crippen LogP) is 0.825. The summed E-state index contributed by atoms with van der Waals surface area (Å²) >= 11 is 0. The lowest BCUT2D eigenvalue weighted by atomic mass is 10.0. The molecule has 3 N–H and O–H groups in total. The number of rotatable bonds is 3. The molecule has 1 heterocycles. The summed E-state index contributed by atoms with van der Waals surface area (Å²) in [5.74, 6) is -1.15. The SMILES string of the molecule is O=C(NCC1(O)CCS(=O)(=O)C1)c1cc2ccccc2cc1O. The number of phenols is 1. The Bertz CT molecular complexity index is 877. The molecule has 1 unspecified atom stereocenters. The molecule has 0 bridgehead atoms. The summed E-state index contributed by atoms with van der Waals surface area (Å²) in [5.41, 5.74) is -1.35. The number of aliphatic hydroxyl groups is 1. The average molecular weight is 335 g/mol. The highest BCUT2D eigenvalue weighted by molar-refractivity contribution is 7.91. The molecule has 1 fully saturated rings. The smallest absolute Gasteiger partial charge is 0.255 e. The third kappa shape index (κ3) is 3.30. The molecule has 1 amide bonds. The Morgan fingerprint density at radius 2 is 1.87 bits per heavy atom. The number of amides is 1. The van der Waals surface area contributed by atoms with Gasteiger partial charge in [-0.05, 0) is 29.3 Å². The van der Waals surface area contributed by atoms with Crippen LogP contribution in [0, 0.1) is 0 Å². The normalized spacial score (nSPS) is 23.0. The summed E-state index contributed by atoms with van der Waals surface area (Å²) in [6, 6.07) is 10.4. The number of nitrogens with one attached hydrogen (secondary N) is 1. The van der Waals surface area contributed by atoms with E-state index in [4.69, 9.17) is 0 Å². The van der Waals surface area contributed by atoms with Crippen LogP contribution in [0.3, 0.4) is 0 Å². The summed E-state index contributed by atoms with van der Waals surface area (Å²) in [6.07, 6.45) is 0.0965. The molecule has 1 aliphatic rings. The van der Waals surface area contributed by atoms with E-state index < -0.39 is 21.3 Å². The number of hydrogen-bond acceptors (Lipinski definition) is 5. The van der Waals surface area contributed by atoms with Gasteiger partial charge in [-0.25, -0.2) is 8.42 Å². The third-order valence-electron chi connectivity index (χ3n) is 4.05. The zero-order valence-corrected chi connectivity index (χ0v) is 13.1. The molecule has 0 radical (unpaired) electrons. The van der Waals surface area contributed by atoms with Gasteiger partial charge in [-0.3, -0.25) is 4.79 Å². The van der Waals surface area contributed by atoms with Crippen LogP contribution < -0.4 is 5.32 Å². The van der Waals surface area contributed by atoms with Crippen LogP contribution in [0.5, 0.6) is 5.75 Å². The first kappa shape index (κ1) is 15.8. The van der Waals surface area contributed by atoms with E-state index in [9.17, 15) is 23.4 Å². The maximum atomic E-state index is 12.2. The Hall–Kier alpha value is -2.12. The minimum Gasteiger partial charge on any atom is -0.507 e. The van der Waals surface area contributed by atoms with Crippen molar-refractivity contribution in [2.75, 3.05) is 18.1 Å². The molecule has 2 aromatic rings. The van der Waals surface area contributed by atoms with E-state index in [2.05, 4.69) is 5.32 Å². The van der Waals surface area contributed by atoms with Crippen LogP contribution in [-0.4, -0.2) is 48.2 Å². The largest absolute Gasteiger partial charge is 0.507 e. The molecule has 6 nitrogen and oxygen atoms in total. The molecule has 0 aromatic heterocycles. The number of sulfone groups is 1. The van der Waals surface area contributed by atoms with Crippen LogP contribution >= 0.6 is 0 Å². The van der Waals surface area contributed by atoms with E-state index in [0.29, 0.717) is 0 Å². The van der Waals surface area contributed by atoms with Gasteiger partial charge in [0.15, 0.2) is 9.84 Å². The molecule has 0 saturated carbocycles. The van der Waals surface area contributed by atoms with E-state index in [-0.39, 0.29) is 35.8 Å². The number of aromatic hydroxyl groups is 1. The first-order valence-corrected chi connectivity index (χ1v) is 9.03. The summed E-state index contributed by atoms with van der Waals surface area (Å²) in [5, 5.41) is 24.3. The van der Waals surface area contributed by atoms with Gasteiger partial charge in [0.1, 0.15) is 5.75 Å². The fraction of sp³-hybridized carbons (Fsp3) is 0.312. The van der Waals surface area contributed by atoms with Crippen LogP contribution in [-0.2, 0) is 9.84 Å². The summed E-state index contributed by atoms with van der Waals surface area (Å²) in [7, 11) is -3.25. The van der Waals surface area contributed by atoms with Crippen LogP contribution in [0.1, 0.15) is 16.8 Å². The Balaban J connectivity index is 1.77. The zero-order valence-electron chi connectivity index (χ0n) is 12.3. The molecule has 1 aliphatic heterocycles. The minimum absolute atomic E-state index is 0.0827. The standard InChI is InChI=1S/C16H17NO5S/c18-14-8-12-4-2-1-3-11(12)7-13(14)15(19)17-9-16(20)5-6-23(21,22)10-16/h1-4,7-8,18,20H,5-6,9-10H2,(H,17,19). The van der Waals surface area contributed by atoms with E-state index in [1.807, 2.05) is 24.3 Å². The summed E-state index contributed by atoms with van der Waals surface area (Å²) in [4.78, 5) is 12.2. The van der Waals surface area contributed by atoms with Crippen molar-refractivity contribution in [3.63, 3.8) is 0 Å². The Morgan fingerprint density at radius 3 is 2.48 bits per heavy atom. The maximum absolute atomic E-state index is 12.2. The van der Waals surface area contributed by atoms with Crippen molar-refractivity contribution in [3.05, 3.63) is 42.0 Å². The van der Waals surface area contributed by atoms with Gasteiger partial charge in [-0.15, -0.1) is 0 Å². The monoisotopic (exact) mass is 335 g/mol. The first-order valence-electron chi connectivity index (χ1n) is 7.21. The predicted molar refractivity (Wildman–Crippen MR) is 86.2 cm³/mol. The van der Waals surface area contributed by atoms with Crippen molar-refractivity contribution in [2.24, 2.45) is 0 Å². The quantitative estimate of drug-likeness (QED) is 0.771. The fourth-order valence-electron chi connectivity index (χ4n) is 2.79. The molecule has 1 saturated heterocycles. The summed E-state index contributed by atoms with van der Waals surface area (Å²) < 4.78 is 22.9. The lowest BCUT2D eigenvalue weighted by Gasteiger charge is -2.21. The second-order valence-electron chi connectivity index (χ2n) is 5.97. The number of phenolic OH excluding ortho intramolecular Hbond substituents is 1. The van der Waals surface area contributed by atoms with E-state index in [1.165, 1.54) is 6.07 Å². The zero-order chi connectivity index (χ0) is 16.7. The van der Waals surface area contributed by atoms with E-state index >= 15 is 0 Å². The van der Waals surface area contributed by atoms with Crippen LogP contribution in [0.25, 0.3) is 10.8 Å². The fourth-order valence-corrected chi connectivity index (χ4v) is 4.69. The highest BCUT2D eigenvalue weighted by Gasteiger charge is 2.40. The molecule has 0 spiro atoms. The maximum Gasteiger partial charge on any atom is 0.255 e. The van der Waals surface area contributed by atoms with Gasteiger partial charge in [-0.1, -0.05) is 24.3 Å². The van der Waals surface area contributed by atoms with Crippen LogP contribution in [0.2, 0.25) is 0 Å². The lowest BCUT2D eigenvalue weighted by molar-refractivity contribution is 0.0608. The molecule has 23 heavy (non-hydrogen) atoms. The van der Waals surface area contributed by atoms with Gasteiger partial charge in [0, 0.05) is 6.54 Å². The van der Waals surface area contributed by atoms with Crippen molar-refractivity contribution in [3.8, 4) is 5.75 Å². The van der Waals surface area contributed by atoms with Gasteiger partial charge in [-0.2, -0.15) is 0 Å². The minimum atomic E-state index is -3.25. The molecule has 122 valence electrons. The van der Waals surface area contributed by atoms with Crippen molar-refractivity contribution in [1.29, 1.82) is 0 Å². The molecule has 2 aromatic carbocycles. The number of carbonyl (C=O) groups excluding carboxylic acids is 1. The van der Waals surface area contributed by atoms with Crippen LogP contribution in [0.4, 0.5) is 0 Å². The second kappa shape index (κ2) is 5.50. The Kier molecular flexibility index (Phi) is 3.77. The number of hydrogen-bond donors (Lipinski definition) is 3. The Morgan fingerprint density at radius 1 is 1.22 bits per heavy atom. The van der Waals surface area contributed by atoms with Crippen molar-refractivity contribution in [1.82, 2.24) is 5.32 Å². The second-order valence-corrected chi connectivity index (χ2v) is 8.15. The van der Waals surface area contributed by atoms with Crippen LogP contribution in [0.15, 0.2) is 36.4 Å². The van der Waals surface area contributed by atoms with Gasteiger partial charge in [0.2, 0.25) is 0 Å². The van der Waals surface area contributed by atoms with Crippen molar-refractivity contribution >= 4 is 26.5 Å². The topological polar surface area (TPSA) is 104 Å². The molecular formula is C16H17NO5S. The Labute approximate surface area is 133 Å². The molecule has 7 heteroatoms. The number of fused-ring (bicyclic) bond motifs is 1. The molecule has 1 atom stereocenters. The van der Waals surface area contributed by atoms with Crippen molar-refractivity contribution in [2.45, 2.75) is 12.0 Å². The van der Waals surface area contributed by atoms with E-state index in [0.717, 1.165) is 10.8 Å². The highest BCUT2D eigenvalue weighted by atomic mass is 32.2. The first-order chi connectivity index (χ1) is 10.8. The molecular weight excluding hydrogens is 318 g/mol. The number of carbonyl (C=O) groups is 1. The van der Waals surface area contributed by atoms with E-state index in [1.54, 1.807) is 6.07 Å². The van der Waals surface area contributed by atoms with Gasteiger partial charge >= 0.3 is 0 Å². The van der Waals surface area contributed by atoms with Gasteiger partial charge in [0.05, 0.1) is 22.7 Å².